The van der Waals surface area contributed by atoms with Crippen LogP contribution in [0.1, 0.15) is 57.6 Å². The van der Waals surface area contributed by atoms with Crippen molar-refractivity contribution in [1.29, 1.82) is 0 Å². The van der Waals surface area contributed by atoms with Crippen molar-refractivity contribution in [2.75, 3.05) is 18.5 Å². The Kier molecular flexibility index (Phi) is 6.31. The molecule has 3 nitrogen and oxygen atoms in total. The molecule has 0 aliphatic heterocycles. The highest BCUT2D eigenvalue weighted by molar-refractivity contribution is 5.39. The van der Waals surface area contributed by atoms with Crippen LogP contribution in [-0.2, 0) is 6.54 Å². The van der Waals surface area contributed by atoms with Gasteiger partial charge >= 0.3 is 0 Å². The Morgan fingerprint density at radius 2 is 1.95 bits per heavy atom. The predicted molar refractivity (Wildman–Crippen MR) is 86.1 cm³/mol. The lowest BCUT2D eigenvalue weighted by molar-refractivity contribution is 0.548. The van der Waals surface area contributed by atoms with Crippen molar-refractivity contribution in [1.82, 2.24) is 10.3 Å². The molecule has 1 aliphatic carbocycles. The molecule has 1 aromatic rings. The molecule has 112 valence electrons. The summed E-state index contributed by atoms with van der Waals surface area (Å²) in [5, 5.41) is 3.43. The maximum Gasteiger partial charge on any atom is 0.128 e. The molecule has 1 N–H and O–H groups in total. The molecule has 1 aromatic heterocycles. The van der Waals surface area contributed by atoms with Crippen LogP contribution < -0.4 is 10.2 Å². The zero-order valence-electron chi connectivity index (χ0n) is 13.1. The van der Waals surface area contributed by atoms with E-state index in [1.165, 1.54) is 44.9 Å². The molecule has 1 heterocycles. The maximum atomic E-state index is 4.81. The number of aromatic nitrogens is 1. The second-order valence-electron chi connectivity index (χ2n) is 5.92. The number of nitrogens with zero attached hydrogens (tertiary/aromatic N) is 2. The Morgan fingerprint density at radius 1 is 1.20 bits per heavy atom. The molecule has 0 spiro atoms. The second kappa shape index (κ2) is 8.25. The van der Waals surface area contributed by atoms with Crippen LogP contribution in [0.4, 0.5) is 5.82 Å². The number of hydrogen-bond donors (Lipinski definition) is 1. The molecule has 1 aliphatic rings. The maximum absolute atomic E-state index is 4.81. The van der Waals surface area contributed by atoms with Gasteiger partial charge in [-0.1, -0.05) is 38.7 Å². The van der Waals surface area contributed by atoms with E-state index >= 15 is 0 Å². The van der Waals surface area contributed by atoms with E-state index in [9.17, 15) is 0 Å². The standard InChI is InChI=1S/C17H29N3/c1-3-13-18-14-15-9-8-12-17(19-15)20(2)16-10-6-4-5-7-11-16/h8-9,12,16,18H,3-7,10-11,13-14H2,1-2H3. The summed E-state index contributed by atoms with van der Waals surface area (Å²) in [6.07, 6.45) is 9.34. The molecule has 0 atom stereocenters. The van der Waals surface area contributed by atoms with Gasteiger partial charge in [-0.05, 0) is 37.9 Å². The van der Waals surface area contributed by atoms with Gasteiger partial charge in [-0.25, -0.2) is 4.98 Å². The molecule has 0 aromatic carbocycles. The van der Waals surface area contributed by atoms with Crippen LogP contribution in [-0.4, -0.2) is 24.6 Å². The number of pyridine rings is 1. The van der Waals surface area contributed by atoms with E-state index in [1.54, 1.807) is 0 Å². The molecule has 0 bridgehead atoms. The van der Waals surface area contributed by atoms with Crippen molar-refractivity contribution in [2.24, 2.45) is 0 Å². The summed E-state index contributed by atoms with van der Waals surface area (Å²) in [6, 6.07) is 7.07. The summed E-state index contributed by atoms with van der Waals surface area (Å²) in [5.41, 5.74) is 1.15. The zero-order chi connectivity index (χ0) is 14.2. The van der Waals surface area contributed by atoms with E-state index in [2.05, 4.69) is 42.4 Å². The van der Waals surface area contributed by atoms with Crippen molar-refractivity contribution < 1.29 is 0 Å². The Balaban J connectivity index is 1.97. The highest BCUT2D eigenvalue weighted by Crippen LogP contribution is 2.24. The zero-order valence-corrected chi connectivity index (χ0v) is 13.1. The molecule has 2 rings (SSSR count). The molecule has 20 heavy (non-hydrogen) atoms. The van der Waals surface area contributed by atoms with Crippen LogP contribution in [0.5, 0.6) is 0 Å². The first-order chi connectivity index (χ1) is 9.81. The topological polar surface area (TPSA) is 28.2 Å². The van der Waals surface area contributed by atoms with Gasteiger partial charge in [-0.15, -0.1) is 0 Å². The van der Waals surface area contributed by atoms with Gasteiger partial charge in [0.05, 0.1) is 5.69 Å². The van der Waals surface area contributed by atoms with Gasteiger partial charge in [0.2, 0.25) is 0 Å². The Bertz CT molecular complexity index is 384. The molecule has 0 unspecified atom stereocenters. The van der Waals surface area contributed by atoms with Gasteiger partial charge in [-0.3, -0.25) is 0 Å². The first-order valence-corrected chi connectivity index (χ1v) is 8.20. The van der Waals surface area contributed by atoms with Crippen molar-refractivity contribution >= 4 is 5.82 Å². The second-order valence-corrected chi connectivity index (χ2v) is 5.92. The summed E-state index contributed by atoms with van der Waals surface area (Å²) in [5.74, 6) is 1.13. The van der Waals surface area contributed by atoms with Gasteiger partial charge in [-0.2, -0.15) is 0 Å². The van der Waals surface area contributed by atoms with E-state index < -0.39 is 0 Å². The van der Waals surface area contributed by atoms with E-state index in [-0.39, 0.29) is 0 Å². The van der Waals surface area contributed by atoms with E-state index in [0.717, 1.165) is 24.6 Å². The molecule has 0 amide bonds. The Labute approximate surface area is 123 Å². The third-order valence-corrected chi connectivity index (χ3v) is 4.26. The molecular weight excluding hydrogens is 246 g/mol. The third-order valence-electron chi connectivity index (χ3n) is 4.26. The highest BCUT2D eigenvalue weighted by atomic mass is 15.2. The van der Waals surface area contributed by atoms with E-state index in [1.807, 2.05) is 0 Å². The van der Waals surface area contributed by atoms with Crippen molar-refractivity contribution in [3.8, 4) is 0 Å². The molecule has 3 heteroatoms. The molecule has 0 saturated heterocycles. The summed E-state index contributed by atoms with van der Waals surface area (Å²) in [6.45, 7) is 4.13. The van der Waals surface area contributed by atoms with Gasteiger partial charge in [0.25, 0.3) is 0 Å². The van der Waals surface area contributed by atoms with E-state index in [4.69, 9.17) is 4.98 Å². The van der Waals surface area contributed by atoms with Crippen molar-refractivity contribution in [3.63, 3.8) is 0 Å². The van der Waals surface area contributed by atoms with Gasteiger partial charge in [0.1, 0.15) is 5.82 Å². The lowest BCUT2D eigenvalue weighted by Gasteiger charge is -2.28. The van der Waals surface area contributed by atoms with Crippen LogP contribution in [0.3, 0.4) is 0 Å². The molecule has 1 saturated carbocycles. The lowest BCUT2D eigenvalue weighted by Crippen LogP contribution is -2.32. The predicted octanol–water partition coefficient (Wildman–Crippen LogP) is 3.74. The Morgan fingerprint density at radius 3 is 2.65 bits per heavy atom. The van der Waals surface area contributed by atoms with Crippen LogP contribution in [0.2, 0.25) is 0 Å². The largest absolute Gasteiger partial charge is 0.357 e. The fourth-order valence-electron chi connectivity index (χ4n) is 2.99. The first kappa shape index (κ1) is 15.3. The van der Waals surface area contributed by atoms with Crippen molar-refractivity contribution in [2.45, 2.75) is 64.5 Å². The SMILES string of the molecule is CCCNCc1cccc(N(C)C2CCCCCC2)n1. The fourth-order valence-corrected chi connectivity index (χ4v) is 2.99. The average molecular weight is 275 g/mol. The minimum atomic E-state index is 0.670. The van der Waals surface area contributed by atoms with Gasteiger partial charge < -0.3 is 10.2 Å². The molecule has 0 radical (unpaired) electrons. The van der Waals surface area contributed by atoms with Crippen LogP contribution in [0.15, 0.2) is 18.2 Å². The van der Waals surface area contributed by atoms with Gasteiger partial charge in [0, 0.05) is 19.6 Å². The van der Waals surface area contributed by atoms with Gasteiger partial charge in [0.15, 0.2) is 0 Å². The Hall–Kier alpha value is -1.09. The minimum Gasteiger partial charge on any atom is -0.357 e. The number of rotatable bonds is 6. The highest BCUT2D eigenvalue weighted by Gasteiger charge is 2.18. The number of nitrogens with one attached hydrogen (secondary N) is 1. The monoisotopic (exact) mass is 275 g/mol. The average Bonchev–Trinajstić information content (AvgIpc) is 2.76. The molecular formula is C17H29N3. The summed E-state index contributed by atoms with van der Waals surface area (Å²) < 4.78 is 0. The van der Waals surface area contributed by atoms with Crippen LogP contribution >= 0.6 is 0 Å². The quantitative estimate of drug-likeness (QED) is 0.633. The van der Waals surface area contributed by atoms with Crippen LogP contribution in [0, 0.1) is 0 Å². The lowest BCUT2D eigenvalue weighted by atomic mass is 10.1. The number of hydrogen-bond acceptors (Lipinski definition) is 3. The normalized spacial score (nSPS) is 16.9. The molecule has 1 fully saturated rings. The first-order valence-electron chi connectivity index (χ1n) is 8.20. The van der Waals surface area contributed by atoms with Crippen molar-refractivity contribution in [3.05, 3.63) is 23.9 Å². The minimum absolute atomic E-state index is 0.670. The smallest absolute Gasteiger partial charge is 0.128 e. The number of anilines is 1. The summed E-state index contributed by atoms with van der Waals surface area (Å²) in [4.78, 5) is 7.21. The summed E-state index contributed by atoms with van der Waals surface area (Å²) in [7, 11) is 2.21. The van der Waals surface area contributed by atoms with Crippen LogP contribution in [0.25, 0.3) is 0 Å². The summed E-state index contributed by atoms with van der Waals surface area (Å²) >= 11 is 0. The fraction of sp³-hybridized carbons (Fsp3) is 0.706. The van der Waals surface area contributed by atoms with E-state index in [0.29, 0.717) is 6.04 Å². The third kappa shape index (κ3) is 4.48.